The van der Waals surface area contributed by atoms with Crippen molar-refractivity contribution < 1.29 is 66.3 Å². The Morgan fingerprint density at radius 3 is 2.46 bits per heavy atom. The Morgan fingerprint density at radius 2 is 1.70 bits per heavy atom. The Morgan fingerprint density at radius 1 is 0.927 bits per heavy atom. The van der Waals surface area contributed by atoms with Crippen LogP contribution in [-0.2, 0) is 33.3 Å². The van der Waals surface area contributed by atoms with Gasteiger partial charge in [-0.15, -0.1) is 6.42 Å². The molecule has 2 bridgehead atoms. The standard InChI is InChI=1S/C58H60F2N10O12/c1-3-38-42(59)10-7-33-23-37(71)24-40(47(33)38)50-49(60)51-41(26-62-50)52(68-28-34-8-9-35(29-68)63-34)67-56(66-51)82-31-58-15-13-36(69(58)27-32(2)25-58)30-81-57(77)61-16-18-79-20-22-80-21-19-78-17-14-46(73)64-43-6-4-5-39-48(43)55(76)70(54(39)75)44-11-12-45(72)65-53(44)74/h1,4-7,10,23-24,26,34-36,44,63,71H,2,8-9,11-22,25,27-31H2,(H,61,77)(H,64,73)(H,65,72,74)/t34?,35?,36-,44?,58-/m1/s1. The van der Waals surface area contributed by atoms with E-state index < -0.39 is 58.8 Å². The zero-order chi connectivity index (χ0) is 57.2. The Hall–Kier alpha value is -8.21. The topological polar surface area (TPSA) is 265 Å². The monoisotopic (exact) mass is 1130 g/mol. The number of nitrogens with zero attached hydrogens (tertiary/aromatic N) is 6. The number of aromatic hydroxyl groups is 1. The van der Waals surface area contributed by atoms with Gasteiger partial charge in [-0.3, -0.25) is 44.1 Å². The summed E-state index contributed by atoms with van der Waals surface area (Å²) in [6, 6.07) is 9.01. The van der Waals surface area contributed by atoms with Gasteiger partial charge in [-0.1, -0.05) is 30.2 Å². The first kappa shape index (κ1) is 55.7. The lowest BCUT2D eigenvalue weighted by molar-refractivity contribution is -0.136. The maximum Gasteiger partial charge on any atom is 0.407 e. The third kappa shape index (κ3) is 11.3. The summed E-state index contributed by atoms with van der Waals surface area (Å²) in [7, 11) is 0. The minimum atomic E-state index is -1.13. The lowest BCUT2D eigenvalue weighted by Gasteiger charge is -2.35. The van der Waals surface area contributed by atoms with Crippen molar-refractivity contribution in [2.45, 2.75) is 81.1 Å². The van der Waals surface area contributed by atoms with Crippen LogP contribution in [0.3, 0.4) is 0 Å². The molecule has 8 heterocycles. The highest BCUT2D eigenvalue weighted by molar-refractivity contribution is 6.26. The maximum absolute atomic E-state index is 17.2. The van der Waals surface area contributed by atoms with E-state index in [9.17, 15) is 33.9 Å². The van der Waals surface area contributed by atoms with E-state index in [-0.39, 0.29) is 153 Å². The first-order valence-electron chi connectivity index (χ1n) is 27.3. The van der Waals surface area contributed by atoms with Crippen molar-refractivity contribution >= 4 is 68.8 Å². The van der Waals surface area contributed by atoms with Gasteiger partial charge in [-0.25, -0.2) is 13.6 Å². The fraction of sp³-hybridized carbons (Fsp3) is 0.431. The van der Waals surface area contributed by atoms with Gasteiger partial charge in [0.15, 0.2) is 5.82 Å². The van der Waals surface area contributed by atoms with Crippen LogP contribution < -0.4 is 30.9 Å². The molecule has 3 aromatic carbocycles. The quantitative estimate of drug-likeness (QED) is 0.0293. The molecule has 24 heteroatoms. The normalized spacial score (nSPS) is 22.2. The molecule has 82 heavy (non-hydrogen) atoms. The van der Waals surface area contributed by atoms with Crippen LogP contribution in [0.25, 0.3) is 32.9 Å². The van der Waals surface area contributed by atoms with Gasteiger partial charge in [0.1, 0.15) is 47.9 Å². The largest absolute Gasteiger partial charge is 0.508 e. The maximum atomic E-state index is 17.2. The van der Waals surface area contributed by atoms with Crippen molar-refractivity contribution in [3.05, 3.63) is 89.1 Å². The zero-order valence-electron chi connectivity index (χ0n) is 44.7. The second-order valence-corrected chi connectivity index (χ2v) is 21.3. The number of phenols is 1. The van der Waals surface area contributed by atoms with E-state index in [0.29, 0.717) is 55.5 Å². The molecule has 5 N–H and O–H groups in total. The molecule has 0 aliphatic carbocycles. The van der Waals surface area contributed by atoms with Gasteiger partial charge in [-0.05, 0) is 74.2 Å². The summed E-state index contributed by atoms with van der Waals surface area (Å²) in [6.07, 6.45) is 10.6. The number of amides is 6. The Kier molecular flexibility index (Phi) is 16.1. The van der Waals surface area contributed by atoms with Gasteiger partial charge in [0, 0.05) is 67.9 Å². The first-order chi connectivity index (χ1) is 39.7. The summed E-state index contributed by atoms with van der Waals surface area (Å²) >= 11 is 0. The summed E-state index contributed by atoms with van der Waals surface area (Å²) in [5, 5.41) is 22.9. The number of hydrogen-bond acceptors (Lipinski definition) is 18. The number of rotatable bonds is 21. The fourth-order valence-electron chi connectivity index (χ4n) is 12.2. The zero-order valence-corrected chi connectivity index (χ0v) is 44.7. The second-order valence-electron chi connectivity index (χ2n) is 21.3. The number of fused-ring (bicyclic) bond motifs is 6. The van der Waals surface area contributed by atoms with Crippen molar-refractivity contribution in [2.24, 2.45) is 0 Å². The fourth-order valence-corrected chi connectivity index (χ4v) is 12.2. The molecule has 6 amide bonds. The van der Waals surface area contributed by atoms with Gasteiger partial charge in [-0.2, -0.15) is 9.97 Å². The third-order valence-electron chi connectivity index (χ3n) is 15.9. The van der Waals surface area contributed by atoms with Gasteiger partial charge >= 0.3 is 12.1 Å². The molecule has 6 aliphatic rings. The number of alkyl carbamates (subject to hydrolysis) is 1. The van der Waals surface area contributed by atoms with Crippen LogP contribution in [0.2, 0.25) is 0 Å². The van der Waals surface area contributed by atoms with Crippen molar-refractivity contribution in [1.82, 2.24) is 40.7 Å². The number of carbonyl (C=O) groups excluding carboxylic acids is 6. The molecular weight excluding hydrogens is 1070 g/mol. The summed E-state index contributed by atoms with van der Waals surface area (Å²) in [4.78, 5) is 95.3. The smallest absolute Gasteiger partial charge is 0.407 e. The van der Waals surface area contributed by atoms with E-state index in [0.717, 1.165) is 23.3 Å². The van der Waals surface area contributed by atoms with Crippen LogP contribution in [0.4, 0.5) is 25.1 Å². The molecule has 0 saturated carbocycles. The van der Waals surface area contributed by atoms with E-state index in [4.69, 9.17) is 35.1 Å². The number of aromatic nitrogens is 3. The number of piperidine rings is 1. The van der Waals surface area contributed by atoms with Gasteiger partial charge in [0.25, 0.3) is 11.8 Å². The summed E-state index contributed by atoms with van der Waals surface area (Å²) in [5.74, 6) is -1.87. The minimum absolute atomic E-state index is 0.0115. The molecule has 428 valence electrons. The number of terminal acetylenes is 1. The lowest BCUT2D eigenvalue weighted by Crippen LogP contribution is -2.54. The van der Waals surface area contributed by atoms with Crippen LogP contribution in [-0.4, -0.2) is 174 Å². The van der Waals surface area contributed by atoms with Crippen LogP contribution >= 0.6 is 0 Å². The van der Waals surface area contributed by atoms with Crippen molar-refractivity contribution in [2.75, 3.05) is 89.3 Å². The van der Waals surface area contributed by atoms with Gasteiger partial charge < -0.3 is 49.6 Å². The highest BCUT2D eigenvalue weighted by atomic mass is 19.1. The number of hydrogen-bond donors (Lipinski definition) is 5. The van der Waals surface area contributed by atoms with E-state index >= 15 is 8.78 Å². The number of imide groups is 2. The van der Waals surface area contributed by atoms with Crippen LogP contribution in [0.1, 0.15) is 77.6 Å². The molecule has 5 aromatic rings. The van der Waals surface area contributed by atoms with Gasteiger partial charge in [0.2, 0.25) is 17.7 Å². The van der Waals surface area contributed by atoms with Crippen LogP contribution in [0.15, 0.2) is 60.8 Å². The van der Waals surface area contributed by atoms with E-state index in [1.807, 2.05) is 0 Å². The highest BCUT2D eigenvalue weighted by Gasteiger charge is 2.52. The molecule has 0 radical (unpaired) electrons. The van der Waals surface area contributed by atoms with Crippen molar-refractivity contribution in [1.29, 1.82) is 0 Å². The van der Waals surface area contributed by atoms with E-state index in [2.05, 4.69) is 53.5 Å². The molecule has 6 aliphatic heterocycles. The molecule has 2 aromatic heterocycles. The summed E-state index contributed by atoms with van der Waals surface area (Å²) in [5.41, 5.74) is 0.421. The number of pyridine rings is 1. The highest BCUT2D eigenvalue weighted by Crippen LogP contribution is 2.45. The third-order valence-corrected chi connectivity index (χ3v) is 15.9. The van der Waals surface area contributed by atoms with Gasteiger partial charge in [0.05, 0.1) is 79.4 Å². The van der Waals surface area contributed by atoms with E-state index in [1.54, 1.807) is 0 Å². The summed E-state index contributed by atoms with van der Waals surface area (Å²) in [6.45, 7) is 7.74. The predicted octanol–water partition coefficient (Wildman–Crippen LogP) is 4.50. The Balaban J connectivity index is 0.619. The number of piperazine rings is 1. The number of benzene rings is 3. The Labute approximate surface area is 469 Å². The molecule has 5 atom stereocenters. The van der Waals surface area contributed by atoms with Crippen LogP contribution in [0, 0.1) is 24.0 Å². The number of phenolic OH excluding ortho intramolecular Hbond substituents is 1. The lowest BCUT2D eigenvalue weighted by atomic mass is 9.94. The molecule has 22 nitrogen and oxygen atoms in total. The predicted molar refractivity (Wildman–Crippen MR) is 292 cm³/mol. The Bertz CT molecular complexity index is 3460. The van der Waals surface area contributed by atoms with Crippen LogP contribution in [0.5, 0.6) is 11.8 Å². The molecule has 5 saturated heterocycles. The average molecular weight is 1130 g/mol. The number of nitrogens with one attached hydrogen (secondary N) is 4. The average Bonchev–Trinajstić information content (AvgIpc) is 4.31. The molecular formula is C58H60F2N10O12. The number of anilines is 2. The summed E-state index contributed by atoms with van der Waals surface area (Å²) < 4.78 is 61.1. The molecule has 3 unspecified atom stereocenters. The number of halogens is 2. The van der Waals surface area contributed by atoms with Crippen molar-refractivity contribution in [3.63, 3.8) is 0 Å². The minimum Gasteiger partial charge on any atom is -0.508 e. The van der Waals surface area contributed by atoms with E-state index in [1.165, 1.54) is 48.7 Å². The first-order valence-corrected chi connectivity index (χ1v) is 27.3. The second kappa shape index (κ2) is 23.7. The molecule has 0 spiro atoms. The van der Waals surface area contributed by atoms with Crippen molar-refractivity contribution in [3.8, 4) is 35.4 Å². The SMILES string of the molecule is C#Cc1c(F)ccc2cc(O)cc(-c3ncc4c(N5CC6CCC(C5)N6)nc(OC[C@]56CC[C@H](COC(=O)NCCOCCOCCOCCC(=O)Nc7cccc8c7C(=O)N(C7CCC(=O)NC7=O)C8=O)N5CC(=C)C6)nc4c3F)c12. The molecule has 11 rings (SSSR count). The number of carbonyl (C=O) groups is 6. The molecule has 5 fully saturated rings. The number of ether oxygens (including phenoxy) is 5.